The van der Waals surface area contributed by atoms with Crippen LogP contribution >= 0.6 is 0 Å². The standard InChI is InChI=1S/C13H19NO2/c1-4-8-14(11(3)13(15)16)12-7-5-6-10(2)9-12/h5-7,9,11H,4,8H2,1-3H3,(H,15,16). The van der Waals surface area contributed by atoms with Crippen molar-refractivity contribution in [3.63, 3.8) is 0 Å². The van der Waals surface area contributed by atoms with Crippen LogP contribution < -0.4 is 4.90 Å². The highest BCUT2D eigenvalue weighted by Gasteiger charge is 2.19. The molecule has 0 aliphatic rings. The minimum Gasteiger partial charge on any atom is -0.480 e. The zero-order valence-electron chi connectivity index (χ0n) is 10.1. The second-order valence-electron chi connectivity index (χ2n) is 4.05. The number of nitrogens with zero attached hydrogens (tertiary/aromatic N) is 1. The summed E-state index contributed by atoms with van der Waals surface area (Å²) >= 11 is 0. The summed E-state index contributed by atoms with van der Waals surface area (Å²) in [7, 11) is 0. The molecule has 0 spiro atoms. The molecule has 0 amide bonds. The van der Waals surface area contributed by atoms with Gasteiger partial charge in [0.1, 0.15) is 6.04 Å². The first-order valence-corrected chi connectivity index (χ1v) is 5.62. The van der Waals surface area contributed by atoms with Gasteiger partial charge in [-0.2, -0.15) is 0 Å². The first-order valence-electron chi connectivity index (χ1n) is 5.62. The van der Waals surface area contributed by atoms with Crippen molar-refractivity contribution in [3.05, 3.63) is 29.8 Å². The fourth-order valence-electron chi connectivity index (χ4n) is 1.73. The maximum Gasteiger partial charge on any atom is 0.326 e. The molecule has 0 heterocycles. The Morgan fingerprint density at radius 1 is 1.50 bits per heavy atom. The minimum absolute atomic E-state index is 0.484. The van der Waals surface area contributed by atoms with Gasteiger partial charge in [-0.25, -0.2) is 4.79 Å². The van der Waals surface area contributed by atoms with Gasteiger partial charge in [-0.15, -0.1) is 0 Å². The average Bonchev–Trinajstić information content (AvgIpc) is 2.24. The SMILES string of the molecule is CCCN(c1cccc(C)c1)C(C)C(=O)O. The van der Waals surface area contributed by atoms with E-state index < -0.39 is 12.0 Å². The van der Waals surface area contributed by atoms with Crippen molar-refractivity contribution in [1.82, 2.24) is 0 Å². The summed E-state index contributed by atoms with van der Waals surface area (Å²) in [6, 6.07) is 7.47. The molecule has 0 saturated carbocycles. The lowest BCUT2D eigenvalue weighted by Crippen LogP contribution is -2.39. The summed E-state index contributed by atoms with van der Waals surface area (Å²) < 4.78 is 0. The zero-order valence-corrected chi connectivity index (χ0v) is 10.1. The summed E-state index contributed by atoms with van der Waals surface area (Å²) in [4.78, 5) is 13.0. The summed E-state index contributed by atoms with van der Waals surface area (Å²) in [5.41, 5.74) is 2.13. The van der Waals surface area contributed by atoms with Crippen LogP contribution in [0, 0.1) is 6.92 Å². The molecule has 1 N–H and O–H groups in total. The lowest BCUT2D eigenvalue weighted by Gasteiger charge is -2.28. The van der Waals surface area contributed by atoms with Crippen molar-refractivity contribution in [3.8, 4) is 0 Å². The quantitative estimate of drug-likeness (QED) is 0.831. The van der Waals surface area contributed by atoms with Gasteiger partial charge in [0.15, 0.2) is 0 Å². The molecule has 1 aromatic carbocycles. The van der Waals surface area contributed by atoms with Crippen LogP contribution in [0.1, 0.15) is 25.8 Å². The Hall–Kier alpha value is -1.51. The van der Waals surface area contributed by atoms with E-state index >= 15 is 0 Å². The van der Waals surface area contributed by atoms with E-state index in [1.165, 1.54) is 0 Å². The van der Waals surface area contributed by atoms with E-state index in [-0.39, 0.29) is 0 Å². The largest absolute Gasteiger partial charge is 0.480 e. The molecular formula is C13H19NO2. The molecule has 1 aromatic rings. The number of hydrogen-bond donors (Lipinski definition) is 1. The van der Waals surface area contributed by atoms with Crippen molar-refractivity contribution in [2.24, 2.45) is 0 Å². The van der Waals surface area contributed by atoms with E-state index in [1.54, 1.807) is 6.92 Å². The van der Waals surface area contributed by atoms with Gasteiger partial charge in [0.2, 0.25) is 0 Å². The molecule has 0 aliphatic heterocycles. The highest BCUT2D eigenvalue weighted by Crippen LogP contribution is 2.19. The third kappa shape index (κ3) is 2.99. The topological polar surface area (TPSA) is 40.5 Å². The molecule has 1 atom stereocenters. The van der Waals surface area contributed by atoms with E-state index in [9.17, 15) is 4.79 Å². The van der Waals surface area contributed by atoms with Crippen LogP contribution in [0.2, 0.25) is 0 Å². The molecule has 0 radical (unpaired) electrons. The van der Waals surface area contributed by atoms with Gasteiger partial charge in [-0.1, -0.05) is 19.1 Å². The second-order valence-corrected chi connectivity index (χ2v) is 4.05. The normalized spacial score (nSPS) is 12.2. The predicted octanol–water partition coefficient (Wildman–Crippen LogP) is 2.68. The first-order chi connectivity index (χ1) is 7.56. The van der Waals surface area contributed by atoms with Crippen LogP contribution in [0.5, 0.6) is 0 Å². The second kappa shape index (κ2) is 5.54. The molecule has 0 bridgehead atoms. The number of aliphatic carboxylic acids is 1. The van der Waals surface area contributed by atoms with Crippen LogP contribution in [0.3, 0.4) is 0 Å². The maximum absolute atomic E-state index is 11.0. The van der Waals surface area contributed by atoms with E-state index in [1.807, 2.05) is 36.1 Å². The van der Waals surface area contributed by atoms with Gasteiger partial charge in [-0.3, -0.25) is 0 Å². The lowest BCUT2D eigenvalue weighted by atomic mass is 10.1. The lowest BCUT2D eigenvalue weighted by molar-refractivity contribution is -0.138. The fraction of sp³-hybridized carbons (Fsp3) is 0.462. The summed E-state index contributed by atoms with van der Waals surface area (Å²) in [5.74, 6) is -0.782. The molecular weight excluding hydrogens is 202 g/mol. The molecule has 0 fully saturated rings. The Morgan fingerprint density at radius 3 is 2.69 bits per heavy atom. The van der Waals surface area contributed by atoms with Crippen molar-refractivity contribution in [2.45, 2.75) is 33.2 Å². The monoisotopic (exact) mass is 221 g/mol. The summed E-state index contributed by atoms with van der Waals surface area (Å²) in [6.07, 6.45) is 0.936. The van der Waals surface area contributed by atoms with Gasteiger partial charge >= 0.3 is 5.97 Å². The van der Waals surface area contributed by atoms with Crippen LogP contribution in [-0.2, 0) is 4.79 Å². The number of carboxylic acids is 1. The summed E-state index contributed by atoms with van der Waals surface area (Å²) in [5, 5.41) is 9.07. The van der Waals surface area contributed by atoms with E-state index in [4.69, 9.17) is 5.11 Å². The smallest absolute Gasteiger partial charge is 0.326 e. The molecule has 0 aliphatic carbocycles. The number of aryl methyl sites for hydroxylation is 1. The van der Waals surface area contributed by atoms with Crippen molar-refractivity contribution in [1.29, 1.82) is 0 Å². The van der Waals surface area contributed by atoms with E-state index in [2.05, 4.69) is 6.92 Å². The Morgan fingerprint density at radius 2 is 2.19 bits per heavy atom. The highest BCUT2D eigenvalue weighted by atomic mass is 16.4. The molecule has 0 saturated heterocycles. The first kappa shape index (κ1) is 12.6. The third-order valence-electron chi connectivity index (χ3n) is 2.62. The number of benzene rings is 1. The minimum atomic E-state index is -0.782. The highest BCUT2D eigenvalue weighted by molar-refractivity contribution is 5.77. The molecule has 88 valence electrons. The van der Waals surface area contributed by atoms with Crippen molar-refractivity contribution in [2.75, 3.05) is 11.4 Å². The zero-order chi connectivity index (χ0) is 12.1. The predicted molar refractivity (Wildman–Crippen MR) is 65.9 cm³/mol. The molecule has 16 heavy (non-hydrogen) atoms. The molecule has 0 aromatic heterocycles. The van der Waals surface area contributed by atoms with E-state index in [0.717, 1.165) is 24.2 Å². The third-order valence-corrected chi connectivity index (χ3v) is 2.62. The van der Waals surface area contributed by atoms with Crippen LogP contribution in [0.15, 0.2) is 24.3 Å². The number of hydrogen-bond acceptors (Lipinski definition) is 2. The fourth-order valence-corrected chi connectivity index (χ4v) is 1.73. The number of anilines is 1. The molecule has 1 rings (SSSR count). The van der Waals surface area contributed by atoms with Gasteiger partial charge in [-0.05, 0) is 38.0 Å². The Balaban J connectivity index is 2.97. The molecule has 3 heteroatoms. The van der Waals surface area contributed by atoms with Crippen molar-refractivity contribution < 1.29 is 9.90 Å². The van der Waals surface area contributed by atoms with Crippen LogP contribution in [0.4, 0.5) is 5.69 Å². The van der Waals surface area contributed by atoms with Gasteiger partial charge in [0.25, 0.3) is 0 Å². The van der Waals surface area contributed by atoms with Crippen LogP contribution in [-0.4, -0.2) is 23.7 Å². The van der Waals surface area contributed by atoms with Crippen molar-refractivity contribution >= 4 is 11.7 Å². The Kier molecular flexibility index (Phi) is 4.35. The number of carbonyl (C=O) groups is 1. The van der Waals surface area contributed by atoms with Gasteiger partial charge in [0.05, 0.1) is 0 Å². The molecule has 3 nitrogen and oxygen atoms in total. The molecule has 1 unspecified atom stereocenters. The average molecular weight is 221 g/mol. The number of carboxylic acid groups (broad SMARTS) is 1. The maximum atomic E-state index is 11.0. The van der Waals surface area contributed by atoms with Crippen LogP contribution in [0.25, 0.3) is 0 Å². The van der Waals surface area contributed by atoms with Gasteiger partial charge in [0, 0.05) is 12.2 Å². The van der Waals surface area contributed by atoms with Gasteiger partial charge < -0.3 is 10.0 Å². The van der Waals surface area contributed by atoms with E-state index in [0.29, 0.717) is 0 Å². The Bertz CT molecular complexity index is 363. The summed E-state index contributed by atoms with van der Waals surface area (Å²) in [6.45, 7) is 6.55. The number of rotatable bonds is 5. The Labute approximate surface area is 96.7 Å².